The van der Waals surface area contributed by atoms with Crippen molar-refractivity contribution in [2.24, 2.45) is 20.5 Å². The molecule has 0 fully saturated rings. The minimum absolute atomic E-state index is 0.163. The Morgan fingerprint density at radius 3 is 1.02 bits per heavy atom. The highest BCUT2D eigenvalue weighted by Gasteiger charge is 2.23. The number of fused-ring (bicyclic) bond motifs is 2. The predicted molar refractivity (Wildman–Crippen MR) is 339 cm³/mol. The molecule has 0 unspecified atom stereocenters. The van der Waals surface area contributed by atoms with Crippen molar-refractivity contribution in [2.45, 2.75) is 104 Å². The van der Waals surface area contributed by atoms with E-state index in [4.69, 9.17) is 18.9 Å². The van der Waals surface area contributed by atoms with Crippen molar-refractivity contribution in [3.05, 3.63) is 230 Å². The third-order valence-electron chi connectivity index (χ3n) is 14.9. The van der Waals surface area contributed by atoms with Crippen LogP contribution in [0.3, 0.4) is 0 Å². The quantitative estimate of drug-likeness (QED) is 0.0243. The summed E-state index contributed by atoms with van der Waals surface area (Å²) in [5.74, 6) is 1.24. The molecule has 0 heterocycles. The highest BCUT2D eigenvalue weighted by atomic mass is 16.5. The van der Waals surface area contributed by atoms with Gasteiger partial charge in [0.1, 0.15) is 23.0 Å². The molecule has 2 atom stereocenters. The Hall–Kier alpha value is -9.54. The average molecular weight is 1110 g/mol. The Balaban J connectivity index is 0.804. The molecule has 0 aliphatic heterocycles. The van der Waals surface area contributed by atoms with E-state index in [1.165, 1.54) is 51.4 Å². The van der Waals surface area contributed by atoms with Crippen LogP contribution in [0.2, 0.25) is 0 Å². The first-order valence-electron chi connectivity index (χ1n) is 29.4. The normalized spacial score (nSPS) is 12.2. The molecule has 422 valence electrons. The van der Waals surface area contributed by atoms with Crippen molar-refractivity contribution < 1.29 is 28.5 Å². The van der Waals surface area contributed by atoms with Crippen molar-refractivity contribution in [3.63, 3.8) is 0 Å². The molecule has 0 aliphatic carbocycles. The first-order chi connectivity index (χ1) is 41.2. The van der Waals surface area contributed by atoms with E-state index in [-0.39, 0.29) is 12.2 Å². The smallest absolute Gasteiger partial charge is 0.343 e. The van der Waals surface area contributed by atoms with Gasteiger partial charge in [-0.1, -0.05) is 162 Å². The zero-order valence-electron chi connectivity index (χ0n) is 48.2. The maximum absolute atomic E-state index is 14.2. The third-order valence-corrected chi connectivity index (χ3v) is 14.9. The van der Waals surface area contributed by atoms with Gasteiger partial charge in [-0.25, -0.2) is 9.59 Å². The van der Waals surface area contributed by atoms with E-state index in [9.17, 15) is 9.59 Å². The van der Waals surface area contributed by atoms with Gasteiger partial charge in [0.05, 0.1) is 46.1 Å². The number of rotatable bonds is 25. The number of carbonyl (C=O) groups is 2. The summed E-state index contributed by atoms with van der Waals surface area (Å²) in [6.07, 6.45) is 12.2. The van der Waals surface area contributed by atoms with E-state index in [1.807, 2.05) is 182 Å². The summed E-state index contributed by atoms with van der Waals surface area (Å²) >= 11 is 0. The van der Waals surface area contributed by atoms with Crippen LogP contribution in [0, 0.1) is 0 Å². The molecular formula is C74H70N4O6. The maximum Gasteiger partial charge on any atom is 0.343 e. The number of hydrogen-bond donors (Lipinski definition) is 0. The lowest BCUT2D eigenvalue weighted by molar-refractivity contribution is 0.0723. The Morgan fingerprint density at radius 1 is 0.357 bits per heavy atom. The maximum atomic E-state index is 14.2. The second kappa shape index (κ2) is 28.4. The Bertz CT molecular complexity index is 3600. The largest absolute Gasteiger partial charge is 0.491 e. The summed E-state index contributed by atoms with van der Waals surface area (Å²) in [4.78, 5) is 28.4. The molecule has 10 aromatic carbocycles. The number of benzene rings is 10. The van der Waals surface area contributed by atoms with Gasteiger partial charge in [-0.3, -0.25) is 0 Å². The Labute approximate surface area is 492 Å². The van der Waals surface area contributed by atoms with Crippen molar-refractivity contribution in [1.29, 1.82) is 0 Å². The molecule has 10 nitrogen and oxygen atoms in total. The van der Waals surface area contributed by atoms with Crippen LogP contribution in [0.1, 0.15) is 113 Å². The molecule has 0 saturated heterocycles. The summed E-state index contributed by atoms with van der Waals surface area (Å²) in [5.41, 5.74) is 8.64. The van der Waals surface area contributed by atoms with Crippen molar-refractivity contribution >= 4 is 56.2 Å². The highest BCUT2D eigenvalue weighted by Crippen LogP contribution is 2.46. The summed E-state index contributed by atoms with van der Waals surface area (Å²) < 4.78 is 24.9. The van der Waals surface area contributed by atoms with Gasteiger partial charge in [0, 0.05) is 11.1 Å². The van der Waals surface area contributed by atoms with Gasteiger partial charge in [0.25, 0.3) is 0 Å². The van der Waals surface area contributed by atoms with Gasteiger partial charge in [-0.15, -0.1) is 0 Å². The first kappa shape index (κ1) is 57.7. The second-order valence-electron chi connectivity index (χ2n) is 21.3. The van der Waals surface area contributed by atoms with E-state index in [1.54, 1.807) is 36.4 Å². The average Bonchev–Trinajstić information content (AvgIpc) is 1.54. The van der Waals surface area contributed by atoms with E-state index in [0.29, 0.717) is 45.1 Å². The van der Waals surface area contributed by atoms with E-state index in [2.05, 4.69) is 48.2 Å². The van der Waals surface area contributed by atoms with Crippen LogP contribution < -0.4 is 18.9 Å². The number of nitrogens with zero attached hydrogens (tertiary/aromatic N) is 4. The Morgan fingerprint density at radius 2 is 0.679 bits per heavy atom. The predicted octanol–water partition coefficient (Wildman–Crippen LogP) is 21.7. The third kappa shape index (κ3) is 15.1. The molecule has 10 heteroatoms. The number of ether oxygens (including phenoxy) is 4. The van der Waals surface area contributed by atoms with E-state index >= 15 is 0 Å². The summed E-state index contributed by atoms with van der Waals surface area (Å²) in [5, 5.41) is 21.3. The molecule has 0 amide bonds. The molecule has 0 aromatic heterocycles. The monoisotopic (exact) mass is 1110 g/mol. The molecule has 0 N–H and O–H groups in total. The van der Waals surface area contributed by atoms with Crippen LogP contribution >= 0.6 is 0 Å². The molecule has 0 radical (unpaired) electrons. The lowest BCUT2D eigenvalue weighted by Gasteiger charge is -2.19. The highest BCUT2D eigenvalue weighted by molar-refractivity contribution is 6.11. The van der Waals surface area contributed by atoms with Gasteiger partial charge >= 0.3 is 11.9 Å². The lowest BCUT2D eigenvalue weighted by atomic mass is 9.92. The van der Waals surface area contributed by atoms with Gasteiger partial charge in [-0.05, 0) is 193 Å². The summed E-state index contributed by atoms with van der Waals surface area (Å²) in [7, 11) is 0. The fourth-order valence-corrected chi connectivity index (χ4v) is 10.3. The van der Waals surface area contributed by atoms with Crippen LogP contribution in [0.15, 0.2) is 239 Å². The molecule has 0 spiro atoms. The van der Waals surface area contributed by atoms with E-state index in [0.717, 1.165) is 79.5 Å². The molecule has 0 bridgehead atoms. The zero-order valence-corrected chi connectivity index (χ0v) is 48.2. The van der Waals surface area contributed by atoms with Crippen LogP contribution in [0.5, 0.6) is 23.0 Å². The number of azo groups is 2. The van der Waals surface area contributed by atoms with E-state index < -0.39 is 11.9 Å². The number of esters is 2. The zero-order chi connectivity index (χ0) is 58.0. The molecule has 10 rings (SSSR count). The SMILES string of the molecule is CCCCCC[C@@H](C)Oc1ccc(N=Nc2ccc(-c3ccc(C(=O)Oc4ccc5ccccc5c4-c4c(OC(=O)c5ccc(-c6ccc(N=Nc7ccc(O[C@@H](C)CCCCCC)cc7)cc6)cc5)ccc5ccccc45)cc3)cc2)cc1. The molecule has 10 aromatic rings. The van der Waals surface area contributed by atoms with Crippen LogP contribution in [-0.4, -0.2) is 24.1 Å². The van der Waals surface area contributed by atoms with Gasteiger partial charge < -0.3 is 18.9 Å². The first-order valence-corrected chi connectivity index (χ1v) is 29.4. The van der Waals surface area contributed by atoms with Crippen LogP contribution in [0.25, 0.3) is 54.9 Å². The number of hydrogen-bond acceptors (Lipinski definition) is 10. The standard InChI is InChI=1S/C74H70N4O6/c1-5-7-9-11-17-51(3)81-65-45-41-63(42-46-65)77-75-61-37-31-55(32-38-61)53-23-27-59(28-24-53)73(79)83-69-49-35-57-19-13-15-21-67(57)71(69)72-68-22-16-14-20-58(68)36-50-70(72)84-74(80)60-29-25-54(26-30-60)56-33-39-62(40-34-56)76-78-64-43-47-66(48-44-64)82-52(4)18-12-10-8-6-2/h13-16,19-52H,5-12,17-18H2,1-4H3/t51-,52+. The lowest BCUT2D eigenvalue weighted by Crippen LogP contribution is -2.11. The Kier molecular flexibility index (Phi) is 19.5. The summed E-state index contributed by atoms with van der Waals surface area (Å²) in [6.45, 7) is 8.68. The molecule has 0 aliphatic rings. The molecular weight excluding hydrogens is 1040 g/mol. The molecule has 84 heavy (non-hydrogen) atoms. The summed E-state index contributed by atoms with van der Waals surface area (Å²) in [6, 6.07) is 68.9. The van der Waals surface area contributed by atoms with Crippen LogP contribution in [0.4, 0.5) is 22.7 Å². The topological polar surface area (TPSA) is 121 Å². The van der Waals surface area contributed by atoms with Crippen molar-refractivity contribution in [3.8, 4) is 56.4 Å². The van der Waals surface area contributed by atoms with Crippen molar-refractivity contribution in [2.75, 3.05) is 0 Å². The second-order valence-corrected chi connectivity index (χ2v) is 21.3. The number of carbonyl (C=O) groups excluding carboxylic acids is 2. The fraction of sp³-hybridized carbons (Fsp3) is 0.216. The fourth-order valence-electron chi connectivity index (χ4n) is 10.3. The van der Waals surface area contributed by atoms with Crippen LogP contribution in [-0.2, 0) is 0 Å². The van der Waals surface area contributed by atoms with Gasteiger partial charge in [0.15, 0.2) is 0 Å². The molecule has 0 saturated carbocycles. The minimum Gasteiger partial charge on any atom is -0.491 e. The minimum atomic E-state index is -0.534. The number of unbranched alkanes of at least 4 members (excludes halogenated alkanes) is 6. The van der Waals surface area contributed by atoms with Gasteiger partial charge in [-0.2, -0.15) is 20.5 Å². The van der Waals surface area contributed by atoms with Crippen molar-refractivity contribution in [1.82, 2.24) is 0 Å². The van der Waals surface area contributed by atoms with Gasteiger partial charge in [0.2, 0.25) is 0 Å².